The lowest BCUT2D eigenvalue weighted by Gasteiger charge is -2.13. The van der Waals surface area contributed by atoms with Crippen molar-refractivity contribution in [2.24, 2.45) is 0 Å². The maximum Gasteiger partial charge on any atom is 0.257 e. The van der Waals surface area contributed by atoms with E-state index in [4.69, 9.17) is 12.2 Å². The number of carbonyl (C=O) groups excluding carboxylic acids is 1. The lowest BCUT2D eigenvalue weighted by atomic mass is 10.1. The average molecular weight is 438 g/mol. The third kappa shape index (κ3) is 4.75. The van der Waals surface area contributed by atoms with Gasteiger partial charge < -0.3 is 5.32 Å². The second-order valence-electron chi connectivity index (χ2n) is 5.38. The Kier molecular flexibility index (Phi) is 6.12. The molecule has 2 aromatic carbocycles. The topological polar surface area (TPSA) is 41.1 Å². The van der Waals surface area contributed by atoms with E-state index in [1.165, 1.54) is 14.7 Å². The number of hydrogen-bond acceptors (Lipinski definition) is 2. The number of anilines is 1. The highest BCUT2D eigenvalue weighted by molar-refractivity contribution is 14.1. The monoisotopic (exact) mass is 438 g/mol. The molecule has 0 saturated heterocycles. The smallest absolute Gasteiger partial charge is 0.257 e. The minimum absolute atomic E-state index is 0.204. The summed E-state index contributed by atoms with van der Waals surface area (Å²) < 4.78 is 1.21. The first kappa shape index (κ1) is 17.9. The summed E-state index contributed by atoms with van der Waals surface area (Å²) in [4.78, 5) is 12.2. The minimum Gasteiger partial charge on any atom is -0.332 e. The minimum atomic E-state index is -0.204. The Morgan fingerprint density at radius 2 is 1.78 bits per heavy atom. The van der Waals surface area contributed by atoms with E-state index in [1.54, 1.807) is 0 Å². The van der Waals surface area contributed by atoms with Gasteiger partial charge in [0.25, 0.3) is 5.91 Å². The van der Waals surface area contributed by atoms with Crippen LogP contribution in [0.5, 0.6) is 0 Å². The van der Waals surface area contributed by atoms with E-state index in [0.717, 1.165) is 17.7 Å². The molecule has 0 radical (unpaired) electrons. The number of hydrogen-bond donors (Lipinski definition) is 2. The zero-order chi connectivity index (χ0) is 17.0. The molecule has 5 heteroatoms. The van der Waals surface area contributed by atoms with Crippen molar-refractivity contribution in [2.45, 2.75) is 27.2 Å². The van der Waals surface area contributed by atoms with Crippen LogP contribution in [-0.4, -0.2) is 11.0 Å². The highest BCUT2D eigenvalue weighted by Gasteiger charge is 2.09. The predicted octanol–water partition coefficient (Wildman–Crippen LogP) is 4.60. The van der Waals surface area contributed by atoms with Gasteiger partial charge in [-0.1, -0.05) is 19.1 Å². The molecular formula is C18H19IN2OS. The van der Waals surface area contributed by atoms with Crippen LogP contribution in [0, 0.1) is 17.4 Å². The summed E-state index contributed by atoms with van der Waals surface area (Å²) in [6, 6.07) is 11.7. The van der Waals surface area contributed by atoms with Gasteiger partial charge in [-0.15, -0.1) is 0 Å². The van der Waals surface area contributed by atoms with E-state index >= 15 is 0 Å². The third-order valence-electron chi connectivity index (χ3n) is 3.61. The molecule has 120 valence electrons. The first-order chi connectivity index (χ1) is 10.9. The fourth-order valence-corrected chi connectivity index (χ4v) is 2.96. The molecule has 2 aromatic rings. The predicted molar refractivity (Wildman–Crippen MR) is 108 cm³/mol. The number of aryl methyl sites for hydroxylation is 3. The van der Waals surface area contributed by atoms with Crippen molar-refractivity contribution < 1.29 is 4.79 Å². The molecule has 0 heterocycles. The van der Waals surface area contributed by atoms with Gasteiger partial charge in [0.05, 0.1) is 0 Å². The summed E-state index contributed by atoms with van der Waals surface area (Å²) in [5, 5.41) is 6.12. The van der Waals surface area contributed by atoms with Crippen molar-refractivity contribution in [1.82, 2.24) is 5.32 Å². The second-order valence-corrected chi connectivity index (χ2v) is 6.95. The number of carbonyl (C=O) groups is 1. The fourth-order valence-electron chi connectivity index (χ4n) is 2.14. The van der Waals surface area contributed by atoms with Gasteiger partial charge in [0.1, 0.15) is 0 Å². The molecule has 0 aliphatic rings. The van der Waals surface area contributed by atoms with Crippen molar-refractivity contribution in [3.63, 3.8) is 0 Å². The molecule has 0 fully saturated rings. The Labute approximate surface area is 156 Å². The van der Waals surface area contributed by atoms with Crippen molar-refractivity contribution in [3.8, 4) is 0 Å². The van der Waals surface area contributed by atoms with Crippen LogP contribution in [0.2, 0.25) is 0 Å². The van der Waals surface area contributed by atoms with Crippen LogP contribution in [0.15, 0.2) is 36.4 Å². The van der Waals surface area contributed by atoms with Gasteiger partial charge in [-0.2, -0.15) is 0 Å². The number of rotatable bonds is 3. The summed E-state index contributed by atoms with van der Waals surface area (Å²) in [6.45, 7) is 6.14. The Balaban J connectivity index is 2.04. The molecule has 0 aromatic heterocycles. The molecule has 0 aliphatic heterocycles. The summed E-state index contributed by atoms with van der Waals surface area (Å²) in [7, 11) is 0. The van der Waals surface area contributed by atoms with E-state index in [-0.39, 0.29) is 5.91 Å². The molecule has 0 saturated carbocycles. The van der Waals surface area contributed by atoms with Crippen LogP contribution in [0.25, 0.3) is 0 Å². The standard InChI is InChI=1S/C18H19IN2OS/c1-4-13-5-7-14(8-6-13)17(22)21-18(23)20-16-10-11(2)15(19)9-12(16)3/h5-10H,4H2,1-3H3,(H2,20,21,22,23). The summed E-state index contributed by atoms with van der Waals surface area (Å²) in [6.07, 6.45) is 0.952. The molecule has 2 rings (SSSR count). The van der Waals surface area contributed by atoms with Crippen LogP contribution >= 0.6 is 34.8 Å². The lowest BCUT2D eigenvalue weighted by Crippen LogP contribution is -2.34. The molecule has 0 bridgehead atoms. The number of nitrogens with one attached hydrogen (secondary N) is 2. The van der Waals surface area contributed by atoms with Crippen molar-refractivity contribution in [3.05, 3.63) is 62.2 Å². The highest BCUT2D eigenvalue weighted by Crippen LogP contribution is 2.21. The van der Waals surface area contributed by atoms with Crippen LogP contribution in [0.1, 0.15) is 34.0 Å². The van der Waals surface area contributed by atoms with E-state index in [2.05, 4.69) is 46.2 Å². The summed E-state index contributed by atoms with van der Waals surface area (Å²) in [5.74, 6) is -0.204. The maximum atomic E-state index is 12.2. The SMILES string of the molecule is CCc1ccc(C(=O)NC(=S)Nc2cc(C)c(I)cc2C)cc1. The zero-order valence-corrected chi connectivity index (χ0v) is 16.3. The molecule has 0 aliphatic carbocycles. The molecule has 0 atom stereocenters. The van der Waals surface area contributed by atoms with Gasteiger partial charge in [0.2, 0.25) is 0 Å². The van der Waals surface area contributed by atoms with Gasteiger partial charge >= 0.3 is 0 Å². The second kappa shape index (κ2) is 7.88. The maximum absolute atomic E-state index is 12.2. The van der Waals surface area contributed by atoms with Crippen molar-refractivity contribution >= 4 is 51.5 Å². The van der Waals surface area contributed by atoms with Crippen LogP contribution in [0.4, 0.5) is 5.69 Å². The Morgan fingerprint density at radius 3 is 2.39 bits per heavy atom. The van der Waals surface area contributed by atoms with Gasteiger partial charge in [-0.3, -0.25) is 10.1 Å². The molecule has 2 N–H and O–H groups in total. The van der Waals surface area contributed by atoms with Gasteiger partial charge in [-0.05, 0) is 96.0 Å². The molecule has 3 nitrogen and oxygen atoms in total. The van der Waals surface area contributed by atoms with Crippen LogP contribution < -0.4 is 10.6 Å². The molecule has 23 heavy (non-hydrogen) atoms. The van der Waals surface area contributed by atoms with Gasteiger partial charge in [0, 0.05) is 14.8 Å². The average Bonchev–Trinajstić information content (AvgIpc) is 2.52. The first-order valence-electron chi connectivity index (χ1n) is 7.38. The zero-order valence-electron chi connectivity index (χ0n) is 13.4. The Morgan fingerprint density at radius 1 is 1.13 bits per heavy atom. The molecular weight excluding hydrogens is 419 g/mol. The van der Waals surface area contributed by atoms with Crippen LogP contribution in [-0.2, 0) is 6.42 Å². The molecule has 0 spiro atoms. The quantitative estimate of drug-likeness (QED) is 0.544. The van der Waals surface area contributed by atoms with Crippen molar-refractivity contribution in [2.75, 3.05) is 5.32 Å². The van der Waals surface area contributed by atoms with E-state index in [9.17, 15) is 4.79 Å². The highest BCUT2D eigenvalue weighted by atomic mass is 127. The normalized spacial score (nSPS) is 10.3. The number of benzene rings is 2. The lowest BCUT2D eigenvalue weighted by molar-refractivity contribution is 0.0977. The largest absolute Gasteiger partial charge is 0.332 e. The third-order valence-corrected chi connectivity index (χ3v) is 4.97. The number of thiocarbonyl (C=S) groups is 1. The summed E-state index contributed by atoms with van der Waals surface area (Å²) >= 11 is 7.55. The van der Waals surface area contributed by atoms with E-state index < -0.39 is 0 Å². The van der Waals surface area contributed by atoms with E-state index in [0.29, 0.717) is 10.7 Å². The number of halogens is 1. The molecule has 1 amide bonds. The van der Waals surface area contributed by atoms with Gasteiger partial charge in [-0.25, -0.2) is 0 Å². The van der Waals surface area contributed by atoms with Crippen LogP contribution in [0.3, 0.4) is 0 Å². The first-order valence-corrected chi connectivity index (χ1v) is 8.87. The summed E-state index contributed by atoms with van der Waals surface area (Å²) in [5.41, 5.74) is 4.97. The molecule has 0 unspecified atom stereocenters. The Bertz CT molecular complexity index is 741. The van der Waals surface area contributed by atoms with E-state index in [1.807, 2.05) is 44.2 Å². The Hall–Kier alpha value is -1.47. The number of amides is 1. The van der Waals surface area contributed by atoms with Gasteiger partial charge in [0.15, 0.2) is 5.11 Å². The fraction of sp³-hybridized carbons (Fsp3) is 0.222. The van der Waals surface area contributed by atoms with Crippen molar-refractivity contribution in [1.29, 1.82) is 0 Å².